The minimum Gasteiger partial charge on any atom is -0.491 e. The molecule has 17 heavy (non-hydrogen) atoms. The van der Waals surface area contributed by atoms with Crippen LogP contribution in [-0.2, 0) is 0 Å². The van der Waals surface area contributed by atoms with E-state index < -0.39 is 5.82 Å². The van der Waals surface area contributed by atoms with Gasteiger partial charge in [0.1, 0.15) is 12.0 Å². The van der Waals surface area contributed by atoms with E-state index in [-0.39, 0.29) is 10.9 Å². The van der Waals surface area contributed by atoms with E-state index in [1.54, 1.807) is 13.0 Å². The third kappa shape index (κ3) is 2.50. The van der Waals surface area contributed by atoms with Crippen molar-refractivity contribution in [2.45, 2.75) is 6.92 Å². The number of hydrogen-bond donors (Lipinski definition) is 0. The largest absolute Gasteiger partial charge is 0.491 e. The highest BCUT2D eigenvalue weighted by atomic mass is 35.5. The van der Waals surface area contributed by atoms with Crippen molar-refractivity contribution in [2.75, 3.05) is 6.61 Å². The predicted molar refractivity (Wildman–Crippen MR) is 61.4 cm³/mol. The van der Waals surface area contributed by atoms with Crippen molar-refractivity contribution in [3.05, 3.63) is 35.5 Å². The summed E-state index contributed by atoms with van der Waals surface area (Å²) in [6, 6.07) is 4.48. The standard InChI is InChI=1S/C11H9ClFN3O/c1-2-17-9-4-3-7(5-8(9)13)10-11(12)14-6-15-16-10/h3-6H,2H2,1H3. The van der Waals surface area contributed by atoms with Crippen LogP contribution >= 0.6 is 11.6 Å². The molecule has 1 aromatic heterocycles. The molecule has 0 aliphatic rings. The SMILES string of the molecule is CCOc1ccc(-c2nncnc2Cl)cc1F. The maximum absolute atomic E-state index is 13.6. The zero-order valence-electron chi connectivity index (χ0n) is 9.02. The molecule has 0 radical (unpaired) electrons. The molecule has 1 heterocycles. The van der Waals surface area contributed by atoms with Crippen LogP contribution in [0.2, 0.25) is 5.15 Å². The second kappa shape index (κ2) is 5.05. The van der Waals surface area contributed by atoms with E-state index in [1.807, 2.05) is 0 Å². The molecule has 6 heteroatoms. The van der Waals surface area contributed by atoms with Gasteiger partial charge >= 0.3 is 0 Å². The van der Waals surface area contributed by atoms with Crippen LogP contribution in [0.25, 0.3) is 11.3 Å². The topological polar surface area (TPSA) is 47.9 Å². The summed E-state index contributed by atoms with van der Waals surface area (Å²) in [6.07, 6.45) is 1.23. The lowest BCUT2D eigenvalue weighted by Crippen LogP contribution is -1.96. The molecule has 4 nitrogen and oxygen atoms in total. The van der Waals surface area contributed by atoms with Gasteiger partial charge in [0.2, 0.25) is 0 Å². The highest BCUT2D eigenvalue weighted by Gasteiger charge is 2.10. The first-order valence-corrected chi connectivity index (χ1v) is 5.36. The van der Waals surface area contributed by atoms with Crippen LogP contribution in [0.5, 0.6) is 5.75 Å². The molecular formula is C11H9ClFN3O. The molecule has 0 atom stereocenters. The van der Waals surface area contributed by atoms with E-state index >= 15 is 0 Å². The fourth-order valence-electron chi connectivity index (χ4n) is 1.36. The quantitative estimate of drug-likeness (QED) is 0.844. The second-order valence-electron chi connectivity index (χ2n) is 3.18. The molecule has 0 saturated heterocycles. The smallest absolute Gasteiger partial charge is 0.165 e. The number of ether oxygens (including phenoxy) is 1. The van der Waals surface area contributed by atoms with E-state index in [0.717, 1.165) is 0 Å². The molecular weight excluding hydrogens is 245 g/mol. The normalized spacial score (nSPS) is 10.3. The van der Waals surface area contributed by atoms with Crippen molar-refractivity contribution >= 4 is 11.6 Å². The Morgan fingerprint density at radius 2 is 2.24 bits per heavy atom. The Bertz CT molecular complexity index is 536. The average Bonchev–Trinajstić information content (AvgIpc) is 2.33. The lowest BCUT2D eigenvalue weighted by Gasteiger charge is -2.06. The zero-order valence-corrected chi connectivity index (χ0v) is 9.78. The number of benzene rings is 1. The zero-order chi connectivity index (χ0) is 12.3. The summed E-state index contributed by atoms with van der Waals surface area (Å²) in [4.78, 5) is 3.78. The number of rotatable bonds is 3. The van der Waals surface area contributed by atoms with E-state index in [4.69, 9.17) is 16.3 Å². The monoisotopic (exact) mass is 253 g/mol. The van der Waals surface area contributed by atoms with Crippen LogP contribution in [0.15, 0.2) is 24.5 Å². The molecule has 0 spiro atoms. The Labute approximate surface area is 102 Å². The Morgan fingerprint density at radius 3 is 2.88 bits per heavy atom. The maximum atomic E-state index is 13.6. The number of nitrogens with zero attached hydrogens (tertiary/aromatic N) is 3. The lowest BCUT2D eigenvalue weighted by molar-refractivity contribution is 0.321. The third-order valence-electron chi connectivity index (χ3n) is 2.08. The first-order chi connectivity index (χ1) is 8.22. The summed E-state index contributed by atoms with van der Waals surface area (Å²) in [6.45, 7) is 2.19. The van der Waals surface area contributed by atoms with E-state index in [0.29, 0.717) is 17.9 Å². The van der Waals surface area contributed by atoms with Crippen LogP contribution in [-0.4, -0.2) is 21.8 Å². The minimum atomic E-state index is -0.467. The highest BCUT2D eigenvalue weighted by Crippen LogP contribution is 2.27. The van der Waals surface area contributed by atoms with Crippen LogP contribution < -0.4 is 4.74 Å². The first-order valence-electron chi connectivity index (χ1n) is 4.98. The fourth-order valence-corrected chi connectivity index (χ4v) is 1.55. The highest BCUT2D eigenvalue weighted by molar-refractivity contribution is 6.31. The second-order valence-corrected chi connectivity index (χ2v) is 3.54. The number of aromatic nitrogens is 3. The molecule has 0 amide bonds. The van der Waals surface area contributed by atoms with Gasteiger partial charge in [-0.1, -0.05) is 11.6 Å². The first kappa shape index (κ1) is 11.7. The van der Waals surface area contributed by atoms with Crippen molar-refractivity contribution in [2.24, 2.45) is 0 Å². The Balaban J connectivity index is 2.41. The van der Waals surface area contributed by atoms with Crippen molar-refractivity contribution in [1.82, 2.24) is 15.2 Å². The van der Waals surface area contributed by atoms with Gasteiger partial charge in [0.25, 0.3) is 0 Å². The molecule has 0 bridgehead atoms. The van der Waals surface area contributed by atoms with Crippen LogP contribution in [0, 0.1) is 5.82 Å². The molecule has 88 valence electrons. The van der Waals surface area contributed by atoms with E-state index in [1.165, 1.54) is 18.5 Å². The predicted octanol–water partition coefficient (Wildman–Crippen LogP) is 2.73. The molecule has 0 aliphatic heterocycles. The Morgan fingerprint density at radius 1 is 1.41 bits per heavy atom. The third-order valence-corrected chi connectivity index (χ3v) is 2.36. The van der Waals surface area contributed by atoms with Gasteiger partial charge in [0, 0.05) is 5.56 Å². The fraction of sp³-hybridized carbons (Fsp3) is 0.182. The van der Waals surface area contributed by atoms with Crippen molar-refractivity contribution in [3.63, 3.8) is 0 Å². The molecule has 1 aromatic carbocycles. The van der Waals surface area contributed by atoms with Crippen LogP contribution in [0.4, 0.5) is 4.39 Å². The van der Waals surface area contributed by atoms with Crippen molar-refractivity contribution < 1.29 is 9.13 Å². The lowest BCUT2D eigenvalue weighted by atomic mass is 10.1. The number of hydrogen-bond acceptors (Lipinski definition) is 4. The van der Waals surface area contributed by atoms with Gasteiger partial charge in [0.05, 0.1) is 6.61 Å². The van der Waals surface area contributed by atoms with Gasteiger partial charge < -0.3 is 4.74 Å². The summed E-state index contributed by atoms with van der Waals surface area (Å²) >= 11 is 5.84. The Kier molecular flexibility index (Phi) is 3.49. The Hall–Kier alpha value is -1.75. The van der Waals surface area contributed by atoms with Crippen molar-refractivity contribution in [1.29, 1.82) is 0 Å². The summed E-state index contributed by atoms with van der Waals surface area (Å²) in [5.74, 6) is -0.268. The van der Waals surface area contributed by atoms with Gasteiger partial charge in [-0.2, -0.15) is 0 Å². The summed E-state index contributed by atoms with van der Waals surface area (Å²) < 4.78 is 18.7. The molecule has 2 aromatic rings. The van der Waals surface area contributed by atoms with E-state index in [2.05, 4.69) is 15.2 Å². The summed E-state index contributed by atoms with van der Waals surface area (Å²) in [5, 5.41) is 7.61. The van der Waals surface area contributed by atoms with Gasteiger partial charge in [-0.15, -0.1) is 10.2 Å². The van der Waals surface area contributed by atoms with Gasteiger partial charge in [-0.3, -0.25) is 0 Å². The maximum Gasteiger partial charge on any atom is 0.165 e. The van der Waals surface area contributed by atoms with Gasteiger partial charge in [-0.05, 0) is 25.1 Å². The molecule has 0 saturated carbocycles. The van der Waals surface area contributed by atoms with Crippen LogP contribution in [0.3, 0.4) is 0 Å². The molecule has 0 unspecified atom stereocenters. The molecule has 0 N–H and O–H groups in total. The molecule has 0 aliphatic carbocycles. The van der Waals surface area contributed by atoms with Gasteiger partial charge in [0.15, 0.2) is 16.7 Å². The number of halogens is 2. The van der Waals surface area contributed by atoms with Crippen LogP contribution in [0.1, 0.15) is 6.92 Å². The van der Waals surface area contributed by atoms with Crippen molar-refractivity contribution in [3.8, 4) is 17.0 Å². The molecule has 0 fully saturated rings. The van der Waals surface area contributed by atoms with Gasteiger partial charge in [-0.25, -0.2) is 9.37 Å². The van der Waals surface area contributed by atoms with E-state index in [9.17, 15) is 4.39 Å². The summed E-state index contributed by atoms with van der Waals surface area (Å²) in [7, 11) is 0. The average molecular weight is 254 g/mol. The summed E-state index contributed by atoms with van der Waals surface area (Å²) in [5.41, 5.74) is 0.854. The molecule has 2 rings (SSSR count). The minimum absolute atomic E-state index is 0.184.